The third kappa shape index (κ3) is 10.2. The highest BCUT2D eigenvalue weighted by atomic mass is 16.6. The lowest BCUT2D eigenvalue weighted by Gasteiger charge is -2.18. The molecule has 4 heteroatoms. The largest absolute Gasteiger partial charge is 0.464 e. The molecule has 0 heterocycles. The molecule has 2 atom stereocenters. The van der Waals surface area contributed by atoms with Gasteiger partial charge in [-0.25, -0.2) is 4.79 Å². The Morgan fingerprint density at radius 1 is 1.05 bits per heavy atom. The molecule has 0 amide bonds. The molecule has 0 aliphatic rings. The Morgan fingerprint density at radius 3 is 2.30 bits per heavy atom. The molecule has 0 bridgehead atoms. The van der Waals surface area contributed by atoms with E-state index in [4.69, 9.17) is 14.2 Å². The van der Waals surface area contributed by atoms with E-state index < -0.39 is 6.10 Å². The summed E-state index contributed by atoms with van der Waals surface area (Å²) in [7, 11) is 1.69. The van der Waals surface area contributed by atoms with Crippen molar-refractivity contribution in [3.05, 3.63) is 0 Å². The van der Waals surface area contributed by atoms with Crippen LogP contribution in [0.3, 0.4) is 0 Å². The molecule has 0 aromatic carbocycles. The first-order valence-electron chi connectivity index (χ1n) is 7.96. The van der Waals surface area contributed by atoms with Gasteiger partial charge in [0.05, 0.1) is 19.3 Å². The van der Waals surface area contributed by atoms with E-state index in [0.29, 0.717) is 13.2 Å². The van der Waals surface area contributed by atoms with Crippen LogP contribution < -0.4 is 0 Å². The lowest BCUT2D eigenvalue weighted by Crippen LogP contribution is -2.28. The second-order valence-electron chi connectivity index (χ2n) is 5.14. The van der Waals surface area contributed by atoms with Crippen LogP contribution in [0, 0.1) is 0 Å². The van der Waals surface area contributed by atoms with E-state index >= 15 is 0 Å². The molecule has 0 N–H and O–H groups in total. The Bertz CT molecular complexity index is 231. The zero-order valence-electron chi connectivity index (χ0n) is 13.7. The van der Waals surface area contributed by atoms with Crippen molar-refractivity contribution in [1.82, 2.24) is 0 Å². The fourth-order valence-electron chi connectivity index (χ4n) is 2.00. The van der Waals surface area contributed by atoms with Crippen LogP contribution in [0.1, 0.15) is 65.7 Å². The van der Waals surface area contributed by atoms with E-state index in [9.17, 15) is 4.79 Å². The van der Waals surface area contributed by atoms with Crippen molar-refractivity contribution in [2.75, 3.05) is 20.3 Å². The molecule has 0 fully saturated rings. The third-order valence-corrected chi connectivity index (χ3v) is 3.36. The molecule has 0 aromatic heterocycles. The van der Waals surface area contributed by atoms with E-state index in [-0.39, 0.29) is 12.1 Å². The molecule has 4 nitrogen and oxygen atoms in total. The Morgan fingerprint density at radius 2 is 1.70 bits per heavy atom. The summed E-state index contributed by atoms with van der Waals surface area (Å²) in [5, 5.41) is 0. The van der Waals surface area contributed by atoms with Crippen LogP contribution in [0.25, 0.3) is 0 Å². The fraction of sp³-hybridized carbons (Fsp3) is 0.938. The van der Waals surface area contributed by atoms with Gasteiger partial charge in [-0.15, -0.1) is 0 Å². The van der Waals surface area contributed by atoms with Crippen LogP contribution >= 0.6 is 0 Å². The van der Waals surface area contributed by atoms with E-state index in [1.54, 1.807) is 21.0 Å². The monoisotopic (exact) mass is 288 g/mol. The summed E-state index contributed by atoms with van der Waals surface area (Å²) in [6.45, 7) is 6.57. The molecule has 0 aromatic rings. The number of esters is 1. The maximum Gasteiger partial charge on any atom is 0.334 e. The standard InChI is InChI=1S/C16H32O4/c1-5-7-8-9-10-11-12-15(18-4)13-20-14(3)16(17)19-6-2/h14-15H,5-13H2,1-4H3. The van der Waals surface area contributed by atoms with Gasteiger partial charge in [-0.3, -0.25) is 0 Å². The lowest BCUT2D eigenvalue weighted by molar-refractivity contribution is -0.157. The fourth-order valence-corrected chi connectivity index (χ4v) is 2.00. The maximum absolute atomic E-state index is 11.4. The number of unbranched alkanes of at least 4 members (excludes halogenated alkanes) is 5. The number of ether oxygens (including phenoxy) is 3. The Kier molecular flexibility index (Phi) is 13.0. The van der Waals surface area contributed by atoms with Crippen molar-refractivity contribution in [2.45, 2.75) is 77.9 Å². The quantitative estimate of drug-likeness (QED) is 0.383. The summed E-state index contributed by atoms with van der Waals surface area (Å²) in [6, 6.07) is 0. The van der Waals surface area contributed by atoms with Crippen molar-refractivity contribution < 1.29 is 19.0 Å². The smallest absolute Gasteiger partial charge is 0.334 e. The van der Waals surface area contributed by atoms with Crippen LogP contribution in [0.2, 0.25) is 0 Å². The Balaban J connectivity index is 3.67. The Labute approximate surface area is 124 Å². The minimum atomic E-state index is -0.517. The van der Waals surface area contributed by atoms with Crippen LogP contribution in [-0.4, -0.2) is 38.5 Å². The second-order valence-corrected chi connectivity index (χ2v) is 5.14. The molecular weight excluding hydrogens is 256 g/mol. The third-order valence-electron chi connectivity index (χ3n) is 3.36. The van der Waals surface area contributed by atoms with Crippen molar-refractivity contribution in [3.63, 3.8) is 0 Å². The normalized spacial score (nSPS) is 14.0. The molecule has 20 heavy (non-hydrogen) atoms. The highest BCUT2D eigenvalue weighted by Gasteiger charge is 2.17. The van der Waals surface area contributed by atoms with Gasteiger partial charge in [0.25, 0.3) is 0 Å². The number of carbonyl (C=O) groups excluding carboxylic acids is 1. The maximum atomic E-state index is 11.4. The minimum Gasteiger partial charge on any atom is -0.464 e. The van der Waals surface area contributed by atoms with Crippen molar-refractivity contribution in [2.24, 2.45) is 0 Å². The number of carbonyl (C=O) groups is 1. The molecule has 0 saturated carbocycles. The van der Waals surface area contributed by atoms with Crippen molar-refractivity contribution in [1.29, 1.82) is 0 Å². The molecular formula is C16H32O4. The van der Waals surface area contributed by atoms with Gasteiger partial charge in [0.1, 0.15) is 0 Å². The summed E-state index contributed by atoms with van der Waals surface area (Å²) >= 11 is 0. The molecule has 0 radical (unpaired) electrons. The molecule has 0 aliphatic heterocycles. The van der Waals surface area contributed by atoms with Gasteiger partial charge in [-0.2, -0.15) is 0 Å². The first-order chi connectivity index (χ1) is 9.65. The average Bonchev–Trinajstić information content (AvgIpc) is 2.45. The van der Waals surface area contributed by atoms with Crippen molar-refractivity contribution in [3.8, 4) is 0 Å². The molecule has 0 spiro atoms. The van der Waals surface area contributed by atoms with Gasteiger partial charge >= 0.3 is 5.97 Å². The Hall–Kier alpha value is -0.610. The van der Waals surface area contributed by atoms with Gasteiger partial charge in [-0.05, 0) is 20.3 Å². The van der Waals surface area contributed by atoms with Gasteiger partial charge in [0.2, 0.25) is 0 Å². The van der Waals surface area contributed by atoms with Crippen molar-refractivity contribution >= 4 is 5.97 Å². The SMILES string of the molecule is CCCCCCCCC(COC(C)C(=O)OCC)OC. The zero-order chi connectivity index (χ0) is 15.2. The number of hydrogen-bond donors (Lipinski definition) is 0. The minimum absolute atomic E-state index is 0.0676. The van der Waals surface area contributed by atoms with E-state index in [1.165, 1.54) is 32.1 Å². The first-order valence-corrected chi connectivity index (χ1v) is 7.96. The van der Waals surface area contributed by atoms with Gasteiger partial charge in [0, 0.05) is 7.11 Å². The second kappa shape index (κ2) is 13.4. The average molecular weight is 288 g/mol. The number of hydrogen-bond acceptors (Lipinski definition) is 4. The predicted octanol–water partition coefficient (Wildman–Crippen LogP) is 3.72. The molecule has 2 unspecified atom stereocenters. The topological polar surface area (TPSA) is 44.8 Å². The van der Waals surface area contributed by atoms with Crippen LogP contribution in [0.15, 0.2) is 0 Å². The lowest BCUT2D eigenvalue weighted by atomic mass is 10.1. The summed E-state index contributed by atoms with van der Waals surface area (Å²) in [5.41, 5.74) is 0. The van der Waals surface area contributed by atoms with Crippen LogP contribution in [-0.2, 0) is 19.0 Å². The highest BCUT2D eigenvalue weighted by molar-refractivity contribution is 5.74. The molecule has 0 saturated heterocycles. The van der Waals surface area contributed by atoms with Gasteiger partial charge < -0.3 is 14.2 Å². The van der Waals surface area contributed by atoms with E-state index in [1.807, 2.05) is 0 Å². The molecule has 0 rings (SSSR count). The highest BCUT2D eigenvalue weighted by Crippen LogP contribution is 2.11. The van der Waals surface area contributed by atoms with Gasteiger partial charge in [-0.1, -0.05) is 45.4 Å². The molecule has 120 valence electrons. The van der Waals surface area contributed by atoms with Crippen LogP contribution in [0.5, 0.6) is 0 Å². The molecule has 0 aliphatic carbocycles. The summed E-state index contributed by atoms with van der Waals surface area (Å²) in [4.78, 5) is 11.4. The van der Waals surface area contributed by atoms with Gasteiger partial charge in [0.15, 0.2) is 6.10 Å². The summed E-state index contributed by atoms with van der Waals surface area (Å²) < 4.78 is 15.8. The van der Waals surface area contributed by atoms with E-state index in [0.717, 1.165) is 12.8 Å². The zero-order valence-corrected chi connectivity index (χ0v) is 13.7. The number of methoxy groups -OCH3 is 1. The van der Waals surface area contributed by atoms with E-state index in [2.05, 4.69) is 6.92 Å². The summed E-state index contributed by atoms with van der Waals surface area (Å²) in [5.74, 6) is -0.304. The first kappa shape index (κ1) is 19.4. The number of rotatable bonds is 13. The van der Waals surface area contributed by atoms with Crippen LogP contribution in [0.4, 0.5) is 0 Å². The summed E-state index contributed by atoms with van der Waals surface area (Å²) in [6.07, 6.45) is 8.16. The predicted molar refractivity (Wildman–Crippen MR) is 80.8 cm³/mol.